The summed E-state index contributed by atoms with van der Waals surface area (Å²) in [6.45, 7) is 5.49. The lowest BCUT2D eigenvalue weighted by atomic mass is 9.75. The van der Waals surface area contributed by atoms with Gasteiger partial charge in [-0.2, -0.15) is 0 Å². The molecular weight excluding hydrogens is 407 g/mol. The Morgan fingerprint density at radius 2 is 1.48 bits per heavy atom. The Hall–Kier alpha value is -1.71. The predicted octanol–water partition coefficient (Wildman–Crippen LogP) is 7.53. The molecule has 2 fully saturated rings. The van der Waals surface area contributed by atoms with E-state index < -0.39 is 0 Å². The molecule has 0 radical (unpaired) electrons. The topological polar surface area (TPSA) is 38.0 Å². The number of nitrogens with one attached hydrogen (secondary N) is 1. The fourth-order valence-corrected chi connectivity index (χ4v) is 6.16. The largest absolute Gasteiger partial charge is 0.327 e. The summed E-state index contributed by atoms with van der Waals surface area (Å²) in [4.78, 5) is 0. The molecule has 0 bridgehead atoms. The van der Waals surface area contributed by atoms with Gasteiger partial charge in [-0.05, 0) is 117 Å². The highest BCUT2D eigenvalue weighted by atomic mass is 19.1. The van der Waals surface area contributed by atoms with E-state index in [1.165, 1.54) is 37.7 Å². The summed E-state index contributed by atoms with van der Waals surface area (Å²) in [6, 6.07) is 15.8. The first-order chi connectivity index (χ1) is 16.1. The molecule has 3 heteroatoms. The minimum absolute atomic E-state index is 0.0351. The van der Waals surface area contributed by atoms with E-state index in [9.17, 15) is 0 Å². The van der Waals surface area contributed by atoms with Crippen molar-refractivity contribution in [2.45, 2.75) is 102 Å². The van der Waals surface area contributed by atoms with Crippen LogP contribution in [0.4, 0.5) is 4.39 Å². The van der Waals surface area contributed by atoms with Crippen LogP contribution < -0.4 is 11.1 Å². The monoisotopic (exact) mass is 450 g/mol. The molecule has 2 saturated carbocycles. The lowest BCUT2D eigenvalue weighted by molar-refractivity contribution is 0.277. The van der Waals surface area contributed by atoms with Gasteiger partial charge in [-0.3, -0.25) is 0 Å². The van der Waals surface area contributed by atoms with Crippen molar-refractivity contribution in [3.05, 3.63) is 59.4 Å². The van der Waals surface area contributed by atoms with Crippen LogP contribution >= 0.6 is 0 Å². The molecule has 2 aromatic rings. The molecule has 4 rings (SSSR count). The molecule has 3 N–H and O–H groups in total. The lowest BCUT2D eigenvalue weighted by Crippen LogP contribution is -2.33. The zero-order valence-electron chi connectivity index (χ0n) is 20.7. The van der Waals surface area contributed by atoms with Gasteiger partial charge in [-0.15, -0.1) is 0 Å². The molecule has 2 aliphatic carbocycles. The van der Waals surface area contributed by atoms with Crippen molar-refractivity contribution in [1.29, 1.82) is 0 Å². The highest BCUT2D eigenvalue weighted by Gasteiger charge is 2.26. The summed E-state index contributed by atoms with van der Waals surface area (Å²) in [5.74, 6) is 1.65. The van der Waals surface area contributed by atoms with Gasteiger partial charge in [0.05, 0.1) is 0 Å². The van der Waals surface area contributed by atoms with Crippen LogP contribution in [0.2, 0.25) is 0 Å². The van der Waals surface area contributed by atoms with Crippen LogP contribution in [-0.4, -0.2) is 18.6 Å². The molecule has 180 valence electrons. The summed E-state index contributed by atoms with van der Waals surface area (Å²) in [5, 5.41) is 3.63. The molecule has 0 spiro atoms. The molecule has 2 aliphatic rings. The first-order valence-electron chi connectivity index (χ1n) is 13.5. The maximum atomic E-state index is 15.1. The maximum Gasteiger partial charge on any atom is 0.127 e. The fourth-order valence-electron chi connectivity index (χ4n) is 6.16. The molecule has 0 heterocycles. The molecule has 2 nitrogen and oxygen atoms in total. The van der Waals surface area contributed by atoms with E-state index in [1.807, 2.05) is 6.07 Å². The van der Waals surface area contributed by atoms with Crippen LogP contribution in [0, 0.1) is 11.7 Å². The first-order valence-corrected chi connectivity index (χ1v) is 13.5. The highest BCUT2D eigenvalue weighted by molar-refractivity contribution is 5.64. The quantitative estimate of drug-likeness (QED) is 0.436. The third-order valence-corrected chi connectivity index (χ3v) is 8.41. The minimum atomic E-state index is -0.0351. The lowest BCUT2D eigenvalue weighted by Gasteiger charge is -2.32. The zero-order valence-corrected chi connectivity index (χ0v) is 20.7. The van der Waals surface area contributed by atoms with Crippen LogP contribution in [0.3, 0.4) is 0 Å². The molecule has 33 heavy (non-hydrogen) atoms. The predicted molar refractivity (Wildman–Crippen MR) is 138 cm³/mol. The standard InChI is InChI=1S/C30H43FN2/c1-3-19-33-27-16-13-24(14-17-27)28-18-15-26(20-29(28)31)23-7-5-21(6-8-23)22-9-11-25(12-10-22)30(32)4-2/h5-8,15,18,20,22,24-25,27,30,33H,3-4,9-14,16-17,19,32H2,1-2H3. The van der Waals surface area contributed by atoms with Crippen molar-refractivity contribution in [3.63, 3.8) is 0 Å². The van der Waals surface area contributed by atoms with E-state index in [2.05, 4.69) is 49.5 Å². The number of nitrogens with two attached hydrogens (primary N) is 1. The third kappa shape index (κ3) is 6.05. The molecule has 1 unspecified atom stereocenters. The van der Waals surface area contributed by atoms with Gasteiger partial charge in [0.25, 0.3) is 0 Å². The van der Waals surface area contributed by atoms with Gasteiger partial charge in [0.15, 0.2) is 0 Å². The fraction of sp³-hybridized carbons (Fsp3) is 0.600. The van der Waals surface area contributed by atoms with E-state index in [0.29, 0.717) is 29.8 Å². The van der Waals surface area contributed by atoms with E-state index in [0.717, 1.165) is 55.3 Å². The Balaban J connectivity index is 1.36. The molecule has 0 amide bonds. The highest BCUT2D eigenvalue weighted by Crippen LogP contribution is 2.39. The molecule has 1 atom stereocenters. The molecular formula is C30H43FN2. The van der Waals surface area contributed by atoms with Crippen molar-refractivity contribution in [2.24, 2.45) is 11.7 Å². The van der Waals surface area contributed by atoms with Crippen LogP contribution in [0.15, 0.2) is 42.5 Å². The van der Waals surface area contributed by atoms with Gasteiger partial charge in [0.2, 0.25) is 0 Å². The normalized spacial score (nSPS) is 26.8. The van der Waals surface area contributed by atoms with Gasteiger partial charge >= 0.3 is 0 Å². The van der Waals surface area contributed by atoms with Crippen molar-refractivity contribution in [3.8, 4) is 11.1 Å². The second kappa shape index (κ2) is 11.6. The van der Waals surface area contributed by atoms with Gasteiger partial charge in [-0.25, -0.2) is 4.39 Å². The van der Waals surface area contributed by atoms with Crippen LogP contribution in [0.5, 0.6) is 0 Å². The van der Waals surface area contributed by atoms with Crippen LogP contribution in [-0.2, 0) is 0 Å². The Morgan fingerprint density at radius 1 is 0.848 bits per heavy atom. The number of rotatable bonds is 8. The van der Waals surface area contributed by atoms with Crippen LogP contribution in [0.25, 0.3) is 11.1 Å². The zero-order chi connectivity index (χ0) is 23.2. The number of hydrogen-bond acceptors (Lipinski definition) is 2. The maximum absolute atomic E-state index is 15.1. The van der Waals surface area contributed by atoms with Gasteiger partial charge in [0.1, 0.15) is 5.82 Å². The number of hydrogen-bond donors (Lipinski definition) is 2. The van der Waals surface area contributed by atoms with E-state index in [1.54, 1.807) is 6.07 Å². The smallest absolute Gasteiger partial charge is 0.127 e. The Bertz CT molecular complexity index is 861. The Labute approximate surface area is 200 Å². The minimum Gasteiger partial charge on any atom is -0.327 e. The van der Waals surface area contributed by atoms with Gasteiger partial charge in [-0.1, -0.05) is 50.2 Å². The van der Waals surface area contributed by atoms with E-state index >= 15 is 4.39 Å². The molecule has 0 aliphatic heterocycles. The summed E-state index contributed by atoms with van der Waals surface area (Å²) in [5.41, 5.74) is 10.7. The molecule has 2 aromatic carbocycles. The summed E-state index contributed by atoms with van der Waals surface area (Å²) in [7, 11) is 0. The van der Waals surface area contributed by atoms with Crippen molar-refractivity contribution < 1.29 is 4.39 Å². The van der Waals surface area contributed by atoms with Crippen molar-refractivity contribution in [1.82, 2.24) is 5.32 Å². The summed E-state index contributed by atoms with van der Waals surface area (Å²) < 4.78 is 15.1. The second-order valence-electron chi connectivity index (χ2n) is 10.5. The van der Waals surface area contributed by atoms with Crippen molar-refractivity contribution >= 4 is 0 Å². The summed E-state index contributed by atoms with van der Waals surface area (Å²) in [6.07, 6.45) is 11.7. The Kier molecular flexibility index (Phi) is 8.60. The van der Waals surface area contributed by atoms with Gasteiger partial charge < -0.3 is 11.1 Å². The van der Waals surface area contributed by atoms with Gasteiger partial charge in [0, 0.05) is 12.1 Å². The SMILES string of the molecule is CCCNC1CCC(c2ccc(-c3ccc(C4CCC(C(N)CC)CC4)cc3)cc2F)CC1. The molecule has 0 saturated heterocycles. The van der Waals surface area contributed by atoms with Crippen LogP contribution in [0.1, 0.15) is 101 Å². The van der Waals surface area contributed by atoms with Crippen molar-refractivity contribution in [2.75, 3.05) is 6.54 Å². The summed E-state index contributed by atoms with van der Waals surface area (Å²) >= 11 is 0. The van der Waals surface area contributed by atoms with E-state index in [4.69, 9.17) is 5.73 Å². The Morgan fingerprint density at radius 3 is 2.09 bits per heavy atom. The first kappa shape index (κ1) is 24.4. The average Bonchev–Trinajstić information content (AvgIpc) is 2.87. The number of benzene rings is 2. The third-order valence-electron chi connectivity index (χ3n) is 8.41. The van der Waals surface area contributed by atoms with E-state index in [-0.39, 0.29) is 5.82 Å². The number of halogens is 1. The second-order valence-corrected chi connectivity index (χ2v) is 10.5. The average molecular weight is 451 g/mol. The molecule has 0 aromatic heterocycles.